The van der Waals surface area contributed by atoms with Crippen LogP contribution in [0.25, 0.3) is 32.8 Å². The highest BCUT2D eigenvalue weighted by Gasteiger charge is 2.36. The van der Waals surface area contributed by atoms with Crippen molar-refractivity contribution in [2.24, 2.45) is 0 Å². The lowest BCUT2D eigenvalue weighted by Crippen LogP contribution is -2.22. The number of pyridine rings is 1. The Balaban J connectivity index is 2.18. The average molecular weight is 379 g/mol. The number of hydrogen-bond donors (Lipinski definition) is 0. The van der Waals surface area contributed by atoms with Gasteiger partial charge < -0.3 is 4.42 Å². The maximum absolute atomic E-state index is 13.7. The number of nitrogens with zero attached hydrogens (tertiary/aromatic N) is 3. The molecule has 26 heavy (non-hydrogen) atoms. The molecule has 4 heterocycles. The number of thiophene rings is 1. The number of furan rings is 1. The molecule has 0 unspecified atom stereocenters. The fourth-order valence-corrected chi connectivity index (χ4v) is 3.66. The van der Waals surface area contributed by atoms with E-state index in [0.29, 0.717) is 17.2 Å². The van der Waals surface area contributed by atoms with Crippen molar-refractivity contribution >= 4 is 33.5 Å². The largest absolute Gasteiger partial charge is 0.430 e. The summed E-state index contributed by atoms with van der Waals surface area (Å²) >= 11 is 1.27. The van der Waals surface area contributed by atoms with Crippen molar-refractivity contribution in [1.29, 1.82) is 0 Å². The van der Waals surface area contributed by atoms with Gasteiger partial charge in [0.05, 0.1) is 21.5 Å². The Morgan fingerprint density at radius 3 is 2.69 bits per heavy atom. The topological polar surface area (TPSA) is 60.9 Å². The van der Waals surface area contributed by atoms with E-state index in [9.17, 15) is 18.0 Å². The summed E-state index contributed by atoms with van der Waals surface area (Å²) in [4.78, 5) is 21.5. The molecule has 4 rings (SSSR count). The smallest absolute Gasteiger partial charge is 0.417 e. The first kappa shape index (κ1) is 16.8. The summed E-state index contributed by atoms with van der Waals surface area (Å²) in [7, 11) is 0. The SMILES string of the molecule is CCn1c(C)nc2c(oc3nc(-c4cccs4)cc(C(F)(F)F)c32)c1=O. The Hall–Kier alpha value is -2.68. The average Bonchev–Trinajstić information content (AvgIpc) is 3.21. The van der Waals surface area contributed by atoms with Gasteiger partial charge >= 0.3 is 6.18 Å². The summed E-state index contributed by atoms with van der Waals surface area (Å²) in [5.41, 5.74) is -1.84. The molecular weight excluding hydrogens is 367 g/mol. The van der Waals surface area contributed by atoms with E-state index in [1.807, 2.05) is 0 Å². The van der Waals surface area contributed by atoms with Crippen LogP contribution in [0, 0.1) is 6.92 Å². The summed E-state index contributed by atoms with van der Waals surface area (Å²) in [6, 6.07) is 4.38. The summed E-state index contributed by atoms with van der Waals surface area (Å²) in [6.07, 6.45) is -4.64. The van der Waals surface area contributed by atoms with Gasteiger partial charge in [0.2, 0.25) is 11.3 Å². The van der Waals surface area contributed by atoms with Crippen LogP contribution in [-0.2, 0) is 12.7 Å². The molecule has 0 bridgehead atoms. The number of hydrogen-bond acceptors (Lipinski definition) is 5. The lowest BCUT2D eigenvalue weighted by Gasteiger charge is -2.09. The van der Waals surface area contributed by atoms with Crippen LogP contribution in [0.5, 0.6) is 0 Å². The second-order valence-electron chi connectivity index (χ2n) is 5.70. The molecule has 0 atom stereocenters. The second-order valence-corrected chi connectivity index (χ2v) is 6.65. The van der Waals surface area contributed by atoms with Gasteiger partial charge in [0, 0.05) is 6.54 Å². The van der Waals surface area contributed by atoms with E-state index < -0.39 is 17.3 Å². The predicted molar refractivity (Wildman–Crippen MR) is 92.3 cm³/mol. The third-order valence-electron chi connectivity index (χ3n) is 4.14. The Bertz CT molecular complexity index is 1190. The molecule has 9 heteroatoms. The molecule has 0 spiro atoms. The van der Waals surface area contributed by atoms with Gasteiger partial charge in [-0.25, -0.2) is 9.97 Å². The Labute approximate surface area is 148 Å². The molecule has 0 aliphatic carbocycles. The fraction of sp³-hybridized carbons (Fsp3) is 0.235. The molecule has 0 saturated heterocycles. The summed E-state index contributed by atoms with van der Waals surface area (Å²) in [5, 5.41) is 1.47. The number of rotatable bonds is 2. The minimum absolute atomic E-state index is 0.107. The van der Waals surface area contributed by atoms with E-state index in [1.54, 1.807) is 31.4 Å². The molecule has 0 N–H and O–H groups in total. The quantitative estimate of drug-likeness (QED) is 0.510. The molecule has 134 valence electrons. The molecule has 0 aliphatic heterocycles. The Kier molecular flexibility index (Phi) is 3.65. The van der Waals surface area contributed by atoms with E-state index in [0.717, 1.165) is 6.07 Å². The maximum atomic E-state index is 13.7. The van der Waals surface area contributed by atoms with Gasteiger partial charge in [-0.1, -0.05) is 6.07 Å². The van der Waals surface area contributed by atoms with Gasteiger partial charge in [0.15, 0.2) is 0 Å². The fourth-order valence-electron chi connectivity index (χ4n) is 2.97. The molecule has 0 amide bonds. The molecule has 4 aromatic heterocycles. The first-order chi connectivity index (χ1) is 12.3. The third kappa shape index (κ3) is 2.42. The molecular formula is C17H12F3N3O2S. The first-order valence-corrected chi connectivity index (χ1v) is 8.65. The Morgan fingerprint density at radius 1 is 1.31 bits per heavy atom. The van der Waals surface area contributed by atoms with E-state index in [2.05, 4.69) is 9.97 Å². The van der Waals surface area contributed by atoms with Gasteiger partial charge in [-0.2, -0.15) is 13.2 Å². The zero-order valence-corrected chi connectivity index (χ0v) is 14.5. The van der Waals surface area contributed by atoms with Gasteiger partial charge in [-0.15, -0.1) is 11.3 Å². The minimum Gasteiger partial charge on any atom is -0.430 e. The highest BCUT2D eigenvalue weighted by Crippen LogP contribution is 2.40. The molecule has 0 radical (unpaired) electrons. The number of aromatic nitrogens is 3. The van der Waals surface area contributed by atoms with Crippen molar-refractivity contribution in [2.75, 3.05) is 0 Å². The monoisotopic (exact) mass is 379 g/mol. The van der Waals surface area contributed by atoms with E-state index in [1.165, 1.54) is 15.9 Å². The molecule has 5 nitrogen and oxygen atoms in total. The van der Waals surface area contributed by atoms with Crippen molar-refractivity contribution in [3.05, 3.63) is 45.3 Å². The maximum Gasteiger partial charge on any atom is 0.417 e. The minimum atomic E-state index is -4.64. The van der Waals surface area contributed by atoms with Crippen LogP contribution in [0.15, 0.2) is 32.8 Å². The van der Waals surface area contributed by atoms with Crippen LogP contribution in [0.4, 0.5) is 13.2 Å². The van der Waals surface area contributed by atoms with E-state index in [-0.39, 0.29) is 27.9 Å². The van der Waals surface area contributed by atoms with Crippen molar-refractivity contribution in [1.82, 2.24) is 14.5 Å². The predicted octanol–water partition coefficient (Wildman–Crippen LogP) is 4.61. The number of halogens is 3. The Morgan fingerprint density at radius 2 is 2.08 bits per heavy atom. The van der Waals surface area contributed by atoms with Crippen molar-refractivity contribution in [2.45, 2.75) is 26.6 Å². The van der Waals surface area contributed by atoms with Crippen LogP contribution in [0.3, 0.4) is 0 Å². The van der Waals surface area contributed by atoms with Crippen molar-refractivity contribution in [3.63, 3.8) is 0 Å². The van der Waals surface area contributed by atoms with E-state index in [4.69, 9.17) is 4.42 Å². The summed E-state index contributed by atoms with van der Waals surface area (Å²) in [6.45, 7) is 3.66. The number of alkyl halides is 3. The second kappa shape index (κ2) is 5.66. The zero-order valence-electron chi connectivity index (χ0n) is 13.7. The van der Waals surface area contributed by atoms with Crippen LogP contribution in [0.2, 0.25) is 0 Å². The highest BCUT2D eigenvalue weighted by molar-refractivity contribution is 7.13. The summed E-state index contributed by atoms with van der Waals surface area (Å²) < 4.78 is 47.9. The van der Waals surface area contributed by atoms with Gasteiger partial charge in [0.1, 0.15) is 11.3 Å². The first-order valence-electron chi connectivity index (χ1n) is 7.77. The molecule has 0 saturated carbocycles. The molecule has 0 aromatic carbocycles. The van der Waals surface area contributed by atoms with Crippen LogP contribution in [-0.4, -0.2) is 14.5 Å². The van der Waals surface area contributed by atoms with Crippen molar-refractivity contribution in [3.8, 4) is 10.6 Å². The standard InChI is InChI=1S/C17H12F3N3O2S/c1-3-23-8(2)21-13-12-9(17(18,19)20)7-10(11-5-4-6-26-11)22-15(12)25-14(13)16(23)24/h4-7H,3H2,1-2H3. The molecule has 4 aromatic rings. The third-order valence-corrected chi connectivity index (χ3v) is 5.03. The number of fused-ring (bicyclic) bond motifs is 3. The van der Waals surface area contributed by atoms with Crippen molar-refractivity contribution < 1.29 is 17.6 Å². The summed E-state index contributed by atoms with van der Waals surface area (Å²) in [5.74, 6) is 0.322. The molecule has 0 fully saturated rings. The lowest BCUT2D eigenvalue weighted by atomic mass is 10.1. The lowest BCUT2D eigenvalue weighted by molar-refractivity contribution is -0.136. The molecule has 0 aliphatic rings. The van der Waals surface area contributed by atoms with Crippen LogP contribution < -0.4 is 5.56 Å². The van der Waals surface area contributed by atoms with Gasteiger partial charge in [-0.3, -0.25) is 9.36 Å². The van der Waals surface area contributed by atoms with E-state index >= 15 is 0 Å². The normalized spacial score (nSPS) is 12.3. The highest BCUT2D eigenvalue weighted by atomic mass is 32.1. The van der Waals surface area contributed by atoms with Gasteiger partial charge in [0.25, 0.3) is 5.56 Å². The van der Waals surface area contributed by atoms with Gasteiger partial charge in [-0.05, 0) is 31.4 Å². The zero-order chi connectivity index (χ0) is 18.6. The number of aryl methyl sites for hydroxylation is 1. The van der Waals surface area contributed by atoms with Crippen LogP contribution >= 0.6 is 11.3 Å². The van der Waals surface area contributed by atoms with Crippen LogP contribution in [0.1, 0.15) is 18.3 Å².